The Labute approximate surface area is 141 Å². The number of fused-ring (bicyclic) bond motifs is 1. The van der Waals surface area contributed by atoms with Gasteiger partial charge in [-0.25, -0.2) is 4.98 Å². The Morgan fingerprint density at radius 1 is 1.13 bits per heavy atom. The van der Waals surface area contributed by atoms with Gasteiger partial charge in [-0.2, -0.15) is 9.61 Å². The molecule has 0 aliphatic rings. The lowest BCUT2D eigenvalue weighted by atomic mass is 10.1. The van der Waals surface area contributed by atoms with Crippen LogP contribution in [0.4, 0.5) is 0 Å². The van der Waals surface area contributed by atoms with E-state index in [0.717, 1.165) is 16.0 Å². The van der Waals surface area contributed by atoms with Crippen LogP contribution >= 0.6 is 22.9 Å². The van der Waals surface area contributed by atoms with Gasteiger partial charge in [0.2, 0.25) is 5.88 Å². The Bertz CT molecular complexity index is 978. The van der Waals surface area contributed by atoms with Crippen molar-refractivity contribution in [2.45, 2.75) is 5.88 Å². The lowest BCUT2D eigenvalue weighted by molar-refractivity contribution is 0.434. The monoisotopic (exact) mass is 341 g/mol. The number of benzene rings is 1. The van der Waals surface area contributed by atoms with Crippen molar-refractivity contribution in [1.29, 1.82) is 0 Å². The van der Waals surface area contributed by atoms with Gasteiger partial charge in [-0.05, 0) is 22.6 Å². The summed E-state index contributed by atoms with van der Waals surface area (Å²) >= 11 is 7.48. The SMILES string of the molecule is Oc1cc(CCl)nc2c(-c3cc(-c4ccccc4)cs3)cnn12. The Kier molecular flexibility index (Phi) is 3.52. The average molecular weight is 342 g/mol. The molecule has 1 N–H and O–H groups in total. The topological polar surface area (TPSA) is 50.4 Å². The zero-order chi connectivity index (χ0) is 15.8. The zero-order valence-electron chi connectivity index (χ0n) is 12.0. The third-order valence-electron chi connectivity index (χ3n) is 3.62. The maximum Gasteiger partial charge on any atom is 0.215 e. The van der Waals surface area contributed by atoms with Crippen LogP contribution in [0.5, 0.6) is 5.88 Å². The highest BCUT2D eigenvalue weighted by Gasteiger charge is 2.14. The highest BCUT2D eigenvalue weighted by molar-refractivity contribution is 7.14. The molecule has 0 saturated carbocycles. The van der Waals surface area contributed by atoms with E-state index in [2.05, 4.69) is 33.7 Å². The summed E-state index contributed by atoms with van der Waals surface area (Å²) in [4.78, 5) is 5.54. The standard InChI is InChI=1S/C17H12ClN3OS/c18-8-13-7-16(22)21-17(20-13)14(9-19-21)15-6-12(10-23-15)11-4-2-1-3-5-11/h1-7,9-10,22H,8H2. The number of hydrogen-bond acceptors (Lipinski definition) is 4. The van der Waals surface area contributed by atoms with Crippen LogP contribution in [0, 0.1) is 0 Å². The molecule has 0 spiro atoms. The maximum absolute atomic E-state index is 10.0. The van der Waals surface area contributed by atoms with Crippen LogP contribution in [0.15, 0.2) is 54.0 Å². The van der Waals surface area contributed by atoms with Crippen LogP contribution in [0.25, 0.3) is 27.2 Å². The molecule has 23 heavy (non-hydrogen) atoms. The first kappa shape index (κ1) is 14.2. The first-order chi connectivity index (χ1) is 11.3. The molecule has 6 heteroatoms. The van der Waals surface area contributed by atoms with Gasteiger partial charge in [0.25, 0.3) is 0 Å². The van der Waals surface area contributed by atoms with Crippen molar-refractivity contribution in [1.82, 2.24) is 14.6 Å². The Hall–Kier alpha value is -2.37. The van der Waals surface area contributed by atoms with Crippen LogP contribution in [-0.2, 0) is 5.88 Å². The van der Waals surface area contributed by atoms with Gasteiger partial charge < -0.3 is 5.11 Å². The summed E-state index contributed by atoms with van der Waals surface area (Å²) in [6.45, 7) is 0. The normalized spacial score (nSPS) is 11.2. The molecule has 4 nitrogen and oxygen atoms in total. The zero-order valence-corrected chi connectivity index (χ0v) is 13.6. The molecular formula is C17H12ClN3OS. The third kappa shape index (κ3) is 2.48. The van der Waals surface area contributed by atoms with Crippen molar-refractivity contribution in [3.8, 4) is 27.4 Å². The largest absolute Gasteiger partial charge is 0.493 e. The molecule has 3 aromatic heterocycles. The number of rotatable bonds is 3. The molecule has 0 bridgehead atoms. The molecule has 0 amide bonds. The Morgan fingerprint density at radius 3 is 2.74 bits per heavy atom. The fraction of sp³-hybridized carbons (Fsp3) is 0.0588. The van der Waals surface area contributed by atoms with Gasteiger partial charge >= 0.3 is 0 Å². The lowest BCUT2D eigenvalue weighted by Gasteiger charge is -2.01. The van der Waals surface area contributed by atoms with Gasteiger partial charge in [-0.15, -0.1) is 22.9 Å². The second-order valence-electron chi connectivity index (χ2n) is 5.10. The van der Waals surface area contributed by atoms with E-state index >= 15 is 0 Å². The van der Waals surface area contributed by atoms with E-state index in [-0.39, 0.29) is 11.8 Å². The number of halogens is 1. The summed E-state index contributed by atoms with van der Waals surface area (Å²) in [6.07, 6.45) is 1.72. The van der Waals surface area contributed by atoms with Gasteiger partial charge in [0.1, 0.15) is 0 Å². The fourth-order valence-corrected chi connectivity index (χ4v) is 3.56. The first-order valence-electron chi connectivity index (χ1n) is 7.03. The quantitative estimate of drug-likeness (QED) is 0.555. The number of thiophene rings is 1. The molecular weight excluding hydrogens is 330 g/mol. The van der Waals surface area contributed by atoms with Crippen LogP contribution in [0.3, 0.4) is 0 Å². The summed E-state index contributed by atoms with van der Waals surface area (Å²) in [5.41, 5.74) is 4.45. The number of alkyl halides is 1. The van der Waals surface area contributed by atoms with Crippen LogP contribution in [0.1, 0.15) is 5.69 Å². The van der Waals surface area contributed by atoms with E-state index in [1.165, 1.54) is 16.1 Å². The second-order valence-corrected chi connectivity index (χ2v) is 6.28. The minimum absolute atomic E-state index is 0.0386. The molecule has 1 aromatic carbocycles. The summed E-state index contributed by atoms with van der Waals surface area (Å²) in [6, 6.07) is 13.9. The molecule has 4 aromatic rings. The van der Waals surface area contributed by atoms with E-state index in [4.69, 9.17) is 11.6 Å². The number of aromatic hydroxyl groups is 1. The van der Waals surface area contributed by atoms with Crippen LogP contribution in [-0.4, -0.2) is 19.7 Å². The number of aromatic nitrogens is 3. The van der Waals surface area contributed by atoms with Gasteiger partial charge in [0.15, 0.2) is 5.65 Å². The lowest BCUT2D eigenvalue weighted by Crippen LogP contribution is -1.95. The van der Waals surface area contributed by atoms with E-state index in [0.29, 0.717) is 11.3 Å². The predicted octanol–water partition coefficient (Wildman–Crippen LogP) is 4.57. The Balaban J connectivity index is 1.84. The fourth-order valence-electron chi connectivity index (χ4n) is 2.50. The molecule has 0 aliphatic heterocycles. The minimum atomic E-state index is 0.0386. The van der Waals surface area contributed by atoms with Crippen molar-refractivity contribution in [2.75, 3.05) is 0 Å². The van der Waals surface area contributed by atoms with Crippen molar-refractivity contribution in [3.63, 3.8) is 0 Å². The smallest absolute Gasteiger partial charge is 0.215 e. The molecule has 4 rings (SSSR count). The molecule has 0 aliphatic carbocycles. The van der Waals surface area contributed by atoms with Crippen molar-refractivity contribution >= 4 is 28.6 Å². The van der Waals surface area contributed by atoms with Crippen molar-refractivity contribution < 1.29 is 5.11 Å². The van der Waals surface area contributed by atoms with Gasteiger partial charge in [0.05, 0.1) is 23.3 Å². The molecule has 0 radical (unpaired) electrons. The van der Waals surface area contributed by atoms with E-state index < -0.39 is 0 Å². The van der Waals surface area contributed by atoms with Crippen LogP contribution < -0.4 is 0 Å². The minimum Gasteiger partial charge on any atom is -0.493 e. The first-order valence-corrected chi connectivity index (χ1v) is 8.44. The molecule has 0 atom stereocenters. The molecule has 0 unspecified atom stereocenters. The van der Waals surface area contributed by atoms with E-state index in [9.17, 15) is 5.11 Å². The second kappa shape index (κ2) is 5.68. The van der Waals surface area contributed by atoms with Crippen molar-refractivity contribution in [3.05, 3.63) is 59.7 Å². The van der Waals surface area contributed by atoms with Gasteiger partial charge in [-0.1, -0.05) is 30.3 Å². The predicted molar refractivity (Wildman–Crippen MR) is 93.0 cm³/mol. The summed E-state index contributed by atoms with van der Waals surface area (Å²) in [5.74, 6) is 0.283. The van der Waals surface area contributed by atoms with E-state index in [1.54, 1.807) is 17.5 Å². The third-order valence-corrected chi connectivity index (χ3v) is 4.85. The van der Waals surface area contributed by atoms with Crippen LogP contribution in [0.2, 0.25) is 0 Å². The molecule has 114 valence electrons. The van der Waals surface area contributed by atoms with Crippen molar-refractivity contribution in [2.24, 2.45) is 0 Å². The number of hydrogen-bond donors (Lipinski definition) is 1. The summed E-state index contributed by atoms with van der Waals surface area (Å²) in [5, 5.41) is 16.4. The number of nitrogens with zero attached hydrogens (tertiary/aromatic N) is 3. The molecule has 0 fully saturated rings. The van der Waals surface area contributed by atoms with Gasteiger partial charge in [-0.3, -0.25) is 0 Å². The average Bonchev–Trinajstić information content (AvgIpc) is 3.22. The van der Waals surface area contributed by atoms with Gasteiger partial charge in [0, 0.05) is 10.9 Å². The highest BCUT2D eigenvalue weighted by atomic mass is 35.5. The Morgan fingerprint density at radius 2 is 1.96 bits per heavy atom. The summed E-state index contributed by atoms with van der Waals surface area (Å²) < 4.78 is 1.42. The highest BCUT2D eigenvalue weighted by Crippen LogP contribution is 2.35. The summed E-state index contributed by atoms with van der Waals surface area (Å²) in [7, 11) is 0. The maximum atomic E-state index is 10.0. The molecule has 0 saturated heterocycles. The van der Waals surface area contributed by atoms with E-state index in [1.807, 2.05) is 18.2 Å². The molecule has 3 heterocycles.